The van der Waals surface area contributed by atoms with Gasteiger partial charge in [0.15, 0.2) is 16.9 Å². The average Bonchev–Trinajstić information content (AvgIpc) is 3.34. The highest BCUT2D eigenvalue weighted by Crippen LogP contribution is 2.31. The Bertz CT molecular complexity index is 1070. The van der Waals surface area contributed by atoms with E-state index in [1.807, 2.05) is 67.6 Å². The quantitative estimate of drug-likeness (QED) is 0.504. The number of furan rings is 1. The van der Waals surface area contributed by atoms with Crippen molar-refractivity contribution in [3.63, 3.8) is 0 Å². The zero-order chi connectivity index (χ0) is 19.5. The standard InChI is InChI=1S/C22H20N2O3S/c1-14-7-9-16(10-8-14)26-15(2)21(25)23-13-17-11-12-19(27-17)22-24-18-5-3-4-6-20(18)28-22/h3-12,15H,13H2,1-2H3,(H,23,25)/t15-/m0/s1. The van der Waals surface area contributed by atoms with E-state index in [-0.39, 0.29) is 5.91 Å². The van der Waals surface area contributed by atoms with Gasteiger partial charge in [0, 0.05) is 0 Å². The van der Waals surface area contributed by atoms with Crippen LogP contribution in [0.3, 0.4) is 0 Å². The fraction of sp³-hybridized carbons (Fsp3) is 0.182. The van der Waals surface area contributed by atoms with Gasteiger partial charge in [-0.05, 0) is 50.2 Å². The molecular formula is C22H20N2O3S. The molecule has 0 aliphatic carbocycles. The summed E-state index contributed by atoms with van der Waals surface area (Å²) in [6.07, 6.45) is -0.596. The highest BCUT2D eigenvalue weighted by atomic mass is 32.1. The molecule has 1 atom stereocenters. The van der Waals surface area contributed by atoms with Crippen molar-refractivity contribution in [1.82, 2.24) is 10.3 Å². The molecule has 0 unspecified atom stereocenters. The van der Waals surface area contributed by atoms with E-state index in [0.29, 0.717) is 23.8 Å². The smallest absolute Gasteiger partial charge is 0.261 e. The molecule has 0 saturated carbocycles. The fourth-order valence-electron chi connectivity index (χ4n) is 2.76. The molecule has 0 radical (unpaired) electrons. The van der Waals surface area contributed by atoms with Crippen LogP contribution in [0.2, 0.25) is 0 Å². The molecule has 1 amide bonds. The van der Waals surface area contributed by atoms with Gasteiger partial charge in [-0.15, -0.1) is 11.3 Å². The molecule has 2 aromatic carbocycles. The third kappa shape index (κ3) is 4.07. The first-order valence-electron chi connectivity index (χ1n) is 9.04. The number of hydrogen-bond donors (Lipinski definition) is 1. The van der Waals surface area contributed by atoms with Gasteiger partial charge in [0.25, 0.3) is 5.91 Å². The molecular weight excluding hydrogens is 372 g/mol. The monoisotopic (exact) mass is 392 g/mol. The van der Waals surface area contributed by atoms with Gasteiger partial charge in [-0.1, -0.05) is 29.8 Å². The summed E-state index contributed by atoms with van der Waals surface area (Å²) in [5.41, 5.74) is 2.10. The Morgan fingerprint density at radius 3 is 2.71 bits per heavy atom. The second-order valence-electron chi connectivity index (χ2n) is 6.54. The summed E-state index contributed by atoms with van der Waals surface area (Å²) in [4.78, 5) is 16.9. The summed E-state index contributed by atoms with van der Waals surface area (Å²) in [5.74, 6) is 1.85. The molecule has 0 aliphatic heterocycles. The van der Waals surface area contributed by atoms with E-state index in [2.05, 4.69) is 10.3 Å². The van der Waals surface area contributed by atoms with Crippen molar-refractivity contribution in [3.05, 3.63) is 72.0 Å². The van der Waals surface area contributed by atoms with Crippen molar-refractivity contribution >= 4 is 27.5 Å². The lowest BCUT2D eigenvalue weighted by atomic mass is 10.2. The SMILES string of the molecule is Cc1ccc(O[C@@H](C)C(=O)NCc2ccc(-c3nc4ccccc4s3)o2)cc1. The topological polar surface area (TPSA) is 64.4 Å². The predicted octanol–water partition coefficient (Wildman–Crippen LogP) is 4.95. The number of nitrogens with zero attached hydrogens (tertiary/aromatic N) is 1. The summed E-state index contributed by atoms with van der Waals surface area (Å²) >= 11 is 1.58. The van der Waals surface area contributed by atoms with Crippen LogP contribution in [0.25, 0.3) is 21.0 Å². The first kappa shape index (κ1) is 18.3. The third-order valence-corrected chi connectivity index (χ3v) is 5.36. The lowest BCUT2D eigenvalue weighted by Gasteiger charge is -2.14. The van der Waals surface area contributed by atoms with Crippen molar-refractivity contribution in [3.8, 4) is 16.5 Å². The Kier molecular flexibility index (Phi) is 5.12. The Balaban J connectivity index is 1.36. The van der Waals surface area contributed by atoms with E-state index in [1.165, 1.54) is 0 Å². The van der Waals surface area contributed by atoms with Gasteiger partial charge in [-0.25, -0.2) is 4.98 Å². The molecule has 4 aromatic rings. The Labute approximate surface area is 167 Å². The van der Waals surface area contributed by atoms with Crippen molar-refractivity contribution in [2.24, 2.45) is 0 Å². The molecule has 0 fully saturated rings. The molecule has 4 rings (SSSR count). The van der Waals surface area contributed by atoms with Crippen LogP contribution in [0.15, 0.2) is 65.1 Å². The van der Waals surface area contributed by atoms with Gasteiger partial charge < -0.3 is 14.5 Å². The Hall–Kier alpha value is -3.12. The summed E-state index contributed by atoms with van der Waals surface area (Å²) < 4.78 is 12.6. The van der Waals surface area contributed by atoms with Crippen molar-refractivity contribution in [1.29, 1.82) is 0 Å². The molecule has 0 spiro atoms. The van der Waals surface area contributed by atoms with Crippen LogP contribution in [0.4, 0.5) is 0 Å². The normalized spacial score (nSPS) is 12.1. The number of ether oxygens (including phenoxy) is 1. The van der Waals surface area contributed by atoms with Gasteiger partial charge in [-0.3, -0.25) is 4.79 Å². The molecule has 5 nitrogen and oxygen atoms in total. The number of benzene rings is 2. The van der Waals surface area contributed by atoms with Crippen molar-refractivity contribution in [2.75, 3.05) is 0 Å². The van der Waals surface area contributed by atoms with Crippen molar-refractivity contribution < 1.29 is 13.9 Å². The number of hydrogen-bond acceptors (Lipinski definition) is 5. The summed E-state index contributed by atoms with van der Waals surface area (Å²) in [5, 5.41) is 3.68. The molecule has 142 valence electrons. The number of carbonyl (C=O) groups excluding carboxylic acids is 1. The molecule has 6 heteroatoms. The van der Waals surface area contributed by atoms with Gasteiger partial charge >= 0.3 is 0 Å². The van der Waals surface area contributed by atoms with Crippen molar-refractivity contribution in [2.45, 2.75) is 26.5 Å². The van der Waals surface area contributed by atoms with Crippen LogP contribution in [0.1, 0.15) is 18.2 Å². The van der Waals surface area contributed by atoms with Gasteiger partial charge in [-0.2, -0.15) is 0 Å². The molecule has 2 heterocycles. The van der Waals surface area contributed by atoms with E-state index >= 15 is 0 Å². The number of rotatable bonds is 6. The van der Waals surface area contributed by atoms with Crippen LogP contribution < -0.4 is 10.1 Å². The maximum Gasteiger partial charge on any atom is 0.261 e. The molecule has 0 bridgehead atoms. The number of aryl methyl sites for hydroxylation is 1. The minimum Gasteiger partial charge on any atom is -0.481 e. The maximum atomic E-state index is 12.3. The number of nitrogens with one attached hydrogen (secondary N) is 1. The minimum absolute atomic E-state index is 0.196. The lowest BCUT2D eigenvalue weighted by molar-refractivity contribution is -0.127. The molecule has 2 aromatic heterocycles. The highest BCUT2D eigenvalue weighted by Gasteiger charge is 2.16. The maximum absolute atomic E-state index is 12.3. The van der Waals surface area contributed by atoms with E-state index in [1.54, 1.807) is 18.3 Å². The van der Waals surface area contributed by atoms with E-state index < -0.39 is 6.10 Å². The number of fused-ring (bicyclic) bond motifs is 1. The summed E-state index contributed by atoms with van der Waals surface area (Å²) in [6.45, 7) is 4.03. The Morgan fingerprint density at radius 2 is 1.93 bits per heavy atom. The molecule has 0 saturated heterocycles. The minimum atomic E-state index is -0.596. The van der Waals surface area contributed by atoms with Crippen LogP contribution in [-0.2, 0) is 11.3 Å². The second-order valence-corrected chi connectivity index (χ2v) is 7.57. The lowest BCUT2D eigenvalue weighted by Crippen LogP contribution is -2.35. The van der Waals surface area contributed by atoms with E-state index in [4.69, 9.17) is 9.15 Å². The van der Waals surface area contributed by atoms with Crippen LogP contribution in [-0.4, -0.2) is 17.0 Å². The van der Waals surface area contributed by atoms with E-state index in [0.717, 1.165) is 20.8 Å². The van der Waals surface area contributed by atoms with Gasteiger partial charge in [0.05, 0.1) is 16.8 Å². The Morgan fingerprint density at radius 1 is 1.14 bits per heavy atom. The largest absolute Gasteiger partial charge is 0.481 e. The van der Waals surface area contributed by atoms with Crippen LogP contribution in [0, 0.1) is 6.92 Å². The van der Waals surface area contributed by atoms with Crippen LogP contribution in [0.5, 0.6) is 5.75 Å². The first-order valence-corrected chi connectivity index (χ1v) is 9.86. The fourth-order valence-corrected chi connectivity index (χ4v) is 3.69. The van der Waals surface area contributed by atoms with Gasteiger partial charge in [0.2, 0.25) is 0 Å². The first-order chi connectivity index (χ1) is 13.6. The van der Waals surface area contributed by atoms with Crippen LogP contribution >= 0.6 is 11.3 Å². The summed E-state index contributed by atoms with van der Waals surface area (Å²) in [6, 6.07) is 19.3. The molecule has 28 heavy (non-hydrogen) atoms. The number of amides is 1. The number of carbonyl (C=O) groups is 1. The predicted molar refractivity (Wildman–Crippen MR) is 110 cm³/mol. The zero-order valence-electron chi connectivity index (χ0n) is 15.6. The number of para-hydroxylation sites is 1. The van der Waals surface area contributed by atoms with Gasteiger partial charge in [0.1, 0.15) is 11.5 Å². The third-order valence-electron chi connectivity index (χ3n) is 4.31. The molecule has 0 aliphatic rings. The second kappa shape index (κ2) is 7.86. The average molecular weight is 392 g/mol. The number of aromatic nitrogens is 1. The van der Waals surface area contributed by atoms with E-state index in [9.17, 15) is 4.79 Å². The summed E-state index contributed by atoms with van der Waals surface area (Å²) in [7, 11) is 0. The number of thiazole rings is 1. The molecule has 1 N–H and O–H groups in total. The highest BCUT2D eigenvalue weighted by molar-refractivity contribution is 7.21. The zero-order valence-corrected chi connectivity index (χ0v) is 16.5.